The molecule has 0 aliphatic heterocycles. The predicted molar refractivity (Wildman–Crippen MR) is 81.8 cm³/mol. The van der Waals surface area contributed by atoms with Crippen LogP contribution in [0.15, 0.2) is 55.0 Å². The number of amides is 1. The molecule has 2 aromatic heterocycles. The van der Waals surface area contributed by atoms with Crippen LogP contribution in [0.3, 0.4) is 0 Å². The van der Waals surface area contributed by atoms with E-state index in [0.29, 0.717) is 16.3 Å². The molecule has 2 heterocycles. The van der Waals surface area contributed by atoms with E-state index in [4.69, 9.17) is 11.6 Å². The number of halogens is 1. The Morgan fingerprint density at radius 1 is 1.23 bits per heavy atom. The molecular weight excluding hydrogens is 302 g/mol. The number of aromatic nitrogens is 4. The fraction of sp³-hybridized carbons (Fsp3) is 0.0667. The van der Waals surface area contributed by atoms with Gasteiger partial charge in [0.15, 0.2) is 0 Å². The Labute approximate surface area is 131 Å². The summed E-state index contributed by atoms with van der Waals surface area (Å²) in [6.07, 6.45) is 5.11. The van der Waals surface area contributed by atoms with E-state index in [1.165, 1.54) is 0 Å². The fourth-order valence-electron chi connectivity index (χ4n) is 1.90. The zero-order valence-corrected chi connectivity index (χ0v) is 12.2. The lowest BCUT2D eigenvalue weighted by Gasteiger charge is -2.03. The van der Waals surface area contributed by atoms with Gasteiger partial charge in [-0.2, -0.15) is 0 Å². The molecule has 110 valence electrons. The van der Waals surface area contributed by atoms with E-state index in [1.807, 2.05) is 12.1 Å². The molecule has 0 fully saturated rings. The molecule has 0 atom stereocenters. The second kappa shape index (κ2) is 6.36. The van der Waals surface area contributed by atoms with Crippen LogP contribution in [0, 0.1) is 0 Å². The highest BCUT2D eigenvalue weighted by molar-refractivity contribution is 6.30. The van der Waals surface area contributed by atoms with Crippen molar-refractivity contribution in [1.29, 1.82) is 0 Å². The van der Waals surface area contributed by atoms with Gasteiger partial charge in [-0.1, -0.05) is 22.9 Å². The molecule has 1 aromatic carbocycles. The Kier molecular flexibility index (Phi) is 4.11. The molecule has 22 heavy (non-hydrogen) atoms. The number of hydrogen-bond acceptors (Lipinski definition) is 4. The molecule has 0 spiro atoms. The van der Waals surface area contributed by atoms with Gasteiger partial charge in [-0.15, -0.1) is 5.10 Å². The molecule has 0 aliphatic rings. The molecule has 3 aromatic rings. The summed E-state index contributed by atoms with van der Waals surface area (Å²) in [5.74, 6) is -0.207. The van der Waals surface area contributed by atoms with Crippen molar-refractivity contribution in [3.8, 4) is 5.69 Å². The Bertz CT molecular complexity index is 787. The number of nitrogens with zero attached hydrogens (tertiary/aromatic N) is 4. The van der Waals surface area contributed by atoms with Crippen LogP contribution in [0.5, 0.6) is 0 Å². The van der Waals surface area contributed by atoms with E-state index in [0.717, 1.165) is 5.69 Å². The molecule has 1 N–H and O–H groups in total. The summed E-state index contributed by atoms with van der Waals surface area (Å²) in [6, 6.07) is 10.4. The highest BCUT2D eigenvalue weighted by Gasteiger charge is 2.08. The van der Waals surface area contributed by atoms with Crippen LogP contribution in [-0.2, 0) is 6.54 Å². The largest absolute Gasteiger partial charge is 0.346 e. The third-order valence-electron chi connectivity index (χ3n) is 2.98. The van der Waals surface area contributed by atoms with Crippen molar-refractivity contribution in [1.82, 2.24) is 25.3 Å². The molecule has 0 unspecified atom stereocenters. The van der Waals surface area contributed by atoms with Gasteiger partial charge in [-0.3, -0.25) is 9.78 Å². The number of benzene rings is 1. The maximum Gasteiger partial charge on any atom is 0.251 e. The number of carbonyl (C=O) groups is 1. The lowest BCUT2D eigenvalue weighted by atomic mass is 10.2. The first-order valence-electron chi connectivity index (χ1n) is 6.58. The normalized spacial score (nSPS) is 10.4. The van der Waals surface area contributed by atoms with Gasteiger partial charge in [-0.05, 0) is 30.3 Å². The SMILES string of the molecule is O=C(NCc1cn(-c2ccncc2)nn1)c1cccc(Cl)c1. The van der Waals surface area contributed by atoms with Crippen LogP contribution in [0.25, 0.3) is 5.69 Å². The van der Waals surface area contributed by atoms with Gasteiger partial charge in [0.25, 0.3) is 5.91 Å². The van der Waals surface area contributed by atoms with Crippen molar-refractivity contribution in [2.75, 3.05) is 0 Å². The standard InChI is InChI=1S/C15H12ClN5O/c16-12-3-1-2-11(8-12)15(22)18-9-13-10-21(20-19-13)14-4-6-17-7-5-14/h1-8,10H,9H2,(H,18,22). The lowest BCUT2D eigenvalue weighted by molar-refractivity contribution is 0.0950. The zero-order valence-electron chi connectivity index (χ0n) is 11.5. The van der Waals surface area contributed by atoms with Crippen LogP contribution in [0.4, 0.5) is 0 Å². The van der Waals surface area contributed by atoms with Crippen LogP contribution in [-0.4, -0.2) is 25.9 Å². The van der Waals surface area contributed by atoms with Crippen LogP contribution < -0.4 is 5.32 Å². The van der Waals surface area contributed by atoms with Crippen LogP contribution >= 0.6 is 11.6 Å². The molecular formula is C15H12ClN5O. The third kappa shape index (κ3) is 3.29. The Balaban J connectivity index is 1.65. The Morgan fingerprint density at radius 3 is 2.82 bits per heavy atom. The monoisotopic (exact) mass is 313 g/mol. The minimum absolute atomic E-state index is 0.207. The van der Waals surface area contributed by atoms with Gasteiger partial charge in [0.05, 0.1) is 18.4 Å². The summed E-state index contributed by atoms with van der Waals surface area (Å²) >= 11 is 5.87. The van der Waals surface area contributed by atoms with E-state index in [9.17, 15) is 4.79 Å². The summed E-state index contributed by atoms with van der Waals surface area (Å²) in [5, 5.41) is 11.4. The predicted octanol–water partition coefficient (Wildman–Crippen LogP) is 2.25. The fourth-order valence-corrected chi connectivity index (χ4v) is 2.10. The first-order chi connectivity index (χ1) is 10.7. The molecule has 0 saturated heterocycles. The summed E-state index contributed by atoms with van der Waals surface area (Å²) in [7, 11) is 0. The van der Waals surface area contributed by atoms with Crippen molar-refractivity contribution < 1.29 is 4.79 Å². The average molecular weight is 314 g/mol. The molecule has 0 aliphatic carbocycles. The topological polar surface area (TPSA) is 72.7 Å². The zero-order chi connectivity index (χ0) is 15.4. The average Bonchev–Trinajstić information content (AvgIpc) is 3.02. The Morgan fingerprint density at radius 2 is 2.05 bits per heavy atom. The maximum absolute atomic E-state index is 12.0. The van der Waals surface area contributed by atoms with Crippen molar-refractivity contribution >= 4 is 17.5 Å². The lowest BCUT2D eigenvalue weighted by Crippen LogP contribution is -2.22. The first kappa shape index (κ1) is 14.2. The Hall–Kier alpha value is -2.73. The van der Waals surface area contributed by atoms with E-state index < -0.39 is 0 Å². The van der Waals surface area contributed by atoms with E-state index in [1.54, 1.807) is 47.5 Å². The molecule has 0 saturated carbocycles. The van der Waals surface area contributed by atoms with Gasteiger partial charge >= 0.3 is 0 Å². The van der Waals surface area contributed by atoms with Crippen molar-refractivity contribution in [2.45, 2.75) is 6.54 Å². The molecule has 0 bridgehead atoms. The minimum atomic E-state index is -0.207. The molecule has 0 radical (unpaired) electrons. The quantitative estimate of drug-likeness (QED) is 0.802. The smallest absolute Gasteiger partial charge is 0.251 e. The highest BCUT2D eigenvalue weighted by atomic mass is 35.5. The van der Waals surface area contributed by atoms with E-state index >= 15 is 0 Å². The second-order valence-electron chi connectivity index (χ2n) is 4.55. The number of rotatable bonds is 4. The molecule has 7 heteroatoms. The van der Waals surface area contributed by atoms with Gasteiger partial charge < -0.3 is 5.32 Å². The summed E-state index contributed by atoms with van der Waals surface area (Å²) in [5.41, 5.74) is 2.02. The summed E-state index contributed by atoms with van der Waals surface area (Å²) in [4.78, 5) is 16.0. The number of carbonyl (C=O) groups excluding carboxylic acids is 1. The van der Waals surface area contributed by atoms with Crippen LogP contribution in [0.1, 0.15) is 16.1 Å². The molecule has 6 nitrogen and oxygen atoms in total. The number of nitrogens with one attached hydrogen (secondary N) is 1. The van der Waals surface area contributed by atoms with E-state index in [2.05, 4.69) is 20.6 Å². The summed E-state index contributed by atoms with van der Waals surface area (Å²) in [6.45, 7) is 0.288. The first-order valence-corrected chi connectivity index (χ1v) is 6.95. The van der Waals surface area contributed by atoms with E-state index in [-0.39, 0.29) is 12.5 Å². The summed E-state index contributed by atoms with van der Waals surface area (Å²) < 4.78 is 1.63. The van der Waals surface area contributed by atoms with Gasteiger partial charge in [-0.25, -0.2) is 4.68 Å². The minimum Gasteiger partial charge on any atom is -0.346 e. The number of hydrogen-bond donors (Lipinski definition) is 1. The van der Waals surface area contributed by atoms with Crippen LogP contribution in [0.2, 0.25) is 5.02 Å². The van der Waals surface area contributed by atoms with Crippen molar-refractivity contribution in [3.05, 3.63) is 71.3 Å². The second-order valence-corrected chi connectivity index (χ2v) is 4.99. The van der Waals surface area contributed by atoms with Gasteiger partial charge in [0.2, 0.25) is 0 Å². The maximum atomic E-state index is 12.0. The molecule has 3 rings (SSSR count). The number of pyridine rings is 1. The highest BCUT2D eigenvalue weighted by Crippen LogP contribution is 2.10. The van der Waals surface area contributed by atoms with Gasteiger partial charge in [0, 0.05) is 23.0 Å². The van der Waals surface area contributed by atoms with Gasteiger partial charge in [0.1, 0.15) is 5.69 Å². The third-order valence-corrected chi connectivity index (χ3v) is 3.22. The van der Waals surface area contributed by atoms with Crippen molar-refractivity contribution in [2.24, 2.45) is 0 Å². The molecule has 1 amide bonds. The van der Waals surface area contributed by atoms with Crippen molar-refractivity contribution in [3.63, 3.8) is 0 Å².